The second-order valence-corrected chi connectivity index (χ2v) is 7.14. The maximum atomic E-state index is 5.43. The molecule has 0 atom stereocenters. The molecule has 0 saturated carbocycles. The molecule has 0 N–H and O–H groups in total. The van der Waals surface area contributed by atoms with Gasteiger partial charge in [-0.15, -0.1) is 0 Å². The van der Waals surface area contributed by atoms with Crippen LogP contribution in [0.25, 0.3) is 22.5 Å². The van der Waals surface area contributed by atoms with Crippen LogP contribution in [0.2, 0.25) is 0 Å². The van der Waals surface area contributed by atoms with Gasteiger partial charge in [0.15, 0.2) is 11.0 Å². The fourth-order valence-electron chi connectivity index (χ4n) is 2.90. The molecule has 0 fully saturated rings. The van der Waals surface area contributed by atoms with Gasteiger partial charge in [-0.2, -0.15) is 4.98 Å². The largest absolute Gasteiger partial charge is 0.383 e. The number of thioether (sulfide) groups is 1. The van der Waals surface area contributed by atoms with Crippen LogP contribution >= 0.6 is 11.8 Å². The van der Waals surface area contributed by atoms with Crippen LogP contribution in [-0.2, 0) is 17.0 Å². The number of nitrogens with zero attached hydrogens (tertiary/aromatic N) is 4. The average molecular weight is 380 g/mol. The van der Waals surface area contributed by atoms with Gasteiger partial charge in [0.05, 0.1) is 23.4 Å². The van der Waals surface area contributed by atoms with Crippen molar-refractivity contribution in [1.29, 1.82) is 0 Å². The van der Waals surface area contributed by atoms with Gasteiger partial charge in [-0.1, -0.05) is 46.7 Å². The molecular formula is C20H20N4O2S. The number of ether oxygens (including phenoxy) is 1. The van der Waals surface area contributed by atoms with Crippen LogP contribution in [0.1, 0.15) is 11.4 Å². The summed E-state index contributed by atoms with van der Waals surface area (Å²) >= 11 is 1.60. The fraction of sp³-hybridized carbons (Fsp3) is 0.250. The Labute approximate surface area is 161 Å². The molecule has 2 aromatic carbocycles. The Morgan fingerprint density at radius 3 is 2.85 bits per heavy atom. The van der Waals surface area contributed by atoms with Gasteiger partial charge in [-0.25, -0.2) is 4.98 Å². The minimum atomic E-state index is 0.544. The molecule has 6 nitrogen and oxygen atoms in total. The van der Waals surface area contributed by atoms with Crippen molar-refractivity contribution in [2.45, 2.75) is 24.4 Å². The van der Waals surface area contributed by atoms with E-state index in [2.05, 4.69) is 20.8 Å². The third-order valence-corrected chi connectivity index (χ3v) is 5.17. The van der Waals surface area contributed by atoms with Gasteiger partial charge < -0.3 is 13.8 Å². The summed E-state index contributed by atoms with van der Waals surface area (Å²) in [4.78, 5) is 9.26. The quantitative estimate of drug-likeness (QED) is 0.445. The van der Waals surface area contributed by atoms with Crippen LogP contribution in [0, 0.1) is 6.92 Å². The molecule has 0 bridgehead atoms. The molecule has 4 rings (SSSR count). The molecule has 0 amide bonds. The molecule has 0 aliphatic carbocycles. The Balaban J connectivity index is 1.53. The average Bonchev–Trinajstić information content (AvgIpc) is 3.29. The van der Waals surface area contributed by atoms with Crippen molar-refractivity contribution in [3.05, 3.63) is 59.9 Å². The number of para-hydroxylation sites is 2. The maximum Gasteiger partial charge on any atom is 0.257 e. The molecule has 138 valence electrons. The lowest BCUT2D eigenvalue weighted by Gasteiger charge is -2.07. The standard InChI is InChI=1S/C20H20N4O2S/c1-14-6-5-7-15(12-14)19-22-18(23-26-19)13-27-20-21-16-8-3-4-9-17(16)24(20)10-11-25-2/h3-9,12H,10-11,13H2,1-2H3. The molecule has 0 spiro atoms. The second kappa shape index (κ2) is 7.94. The predicted molar refractivity (Wildman–Crippen MR) is 106 cm³/mol. The molecule has 0 saturated heterocycles. The van der Waals surface area contributed by atoms with Gasteiger partial charge in [0.2, 0.25) is 0 Å². The number of imidazole rings is 1. The van der Waals surface area contributed by atoms with E-state index in [9.17, 15) is 0 Å². The van der Waals surface area contributed by atoms with Crippen molar-refractivity contribution in [2.24, 2.45) is 0 Å². The van der Waals surface area contributed by atoms with Gasteiger partial charge in [0, 0.05) is 19.2 Å². The van der Waals surface area contributed by atoms with Crippen LogP contribution < -0.4 is 0 Å². The smallest absolute Gasteiger partial charge is 0.257 e. The Kier molecular flexibility index (Phi) is 5.22. The molecule has 2 aromatic heterocycles. The Morgan fingerprint density at radius 2 is 2.00 bits per heavy atom. The second-order valence-electron chi connectivity index (χ2n) is 6.20. The first kappa shape index (κ1) is 17.8. The van der Waals surface area contributed by atoms with Gasteiger partial charge in [0.1, 0.15) is 0 Å². The van der Waals surface area contributed by atoms with Crippen molar-refractivity contribution in [2.75, 3.05) is 13.7 Å². The summed E-state index contributed by atoms with van der Waals surface area (Å²) in [6.45, 7) is 3.43. The molecule has 0 aliphatic heterocycles. The fourth-order valence-corrected chi connectivity index (χ4v) is 3.78. The molecule has 0 aliphatic rings. The lowest BCUT2D eigenvalue weighted by atomic mass is 10.1. The summed E-state index contributed by atoms with van der Waals surface area (Å²) in [5, 5.41) is 5.04. The van der Waals surface area contributed by atoms with E-state index in [4.69, 9.17) is 14.2 Å². The van der Waals surface area contributed by atoms with Crippen molar-refractivity contribution in [1.82, 2.24) is 19.7 Å². The highest BCUT2D eigenvalue weighted by atomic mass is 32.2. The number of hydrogen-bond donors (Lipinski definition) is 0. The highest BCUT2D eigenvalue weighted by Gasteiger charge is 2.14. The minimum Gasteiger partial charge on any atom is -0.383 e. The summed E-state index contributed by atoms with van der Waals surface area (Å²) in [5.41, 5.74) is 4.18. The van der Waals surface area contributed by atoms with E-state index >= 15 is 0 Å². The van der Waals surface area contributed by atoms with Gasteiger partial charge in [-0.3, -0.25) is 0 Å². The number of methoxy groups -OCH3 is 1. The first-order valence-electron chi connectivity index (χ1n) is 8.71. The zero-order valence-electron chi connectivity index (χ0n) is 15.3. The zero-order valence-corrected chi connectivity index (χ0v) is 16.1. The van der Waals surface area contributed by atoms with Crippen LogP contribution in [0.3, 0.4) is 0 Å². The Hall–Kier alpha value is -2.64. The molecule has 2 heterocycles. The number of hydrogen-bond acceptors (Lipinski definition) is 6. The van der Waals surface area contributed by atoms with Gasteiger partial charge in [-0.05, 0) is 31.2 Å². The first-order valence-corrected chi connectivity index (χ1v) is 9.70. The monoisotopic (exact) mass is 380 g/mol. The topological polar surface area (TPSA) is 66.0 Å². The summed E-state index contributed by atoms with van der Waals surface area (Å²) in [7, 11) is 1.71. The van der Waals surface area contributed by atoms with E-state index in [0.717, 1.165) is 33.9 Å². The van der Waals surface area contributed by atoms with Crippen LogP contribution in [0.5, 0.6) is 0 Å². The van der Waals surface area contributed by atoms with Crippen LogP contribution in [-0.4, -0.2) is 33.4 Å². The zero-order chi connectivity index (χ0) is 18.6. The van der Waals surface area contributed by atoms with Crippen molar-refractivity contribution < 1.29 is 9.26 Å². The SMILES string of the molecule is COCCn1c(SCc2noc(-c3cccc(C)c3)n2)nc2ccccc21. The van der Waals surface area contributed by atoms with Crippen molar-refractivity contribution in [3.63, 3.8) is 0 Å². The molecular weight excluding hydrogens is 360 g/mol. The highest BCUT2D eigenvalue weighted by molar-refractivity contribution is 7.98. The maximum absolute atomic E-state index is 5.43. The number of fused-ring (bicyclic) bond motifs is 1. The summed E-state index contributed by atoms with van der Waals surface area (Å²) in [6, 6.07) is 16.2. The molecule has 0 unspecified atom stereocenters. The Morgan fingerprint density at radius 1 is 1.11 bits per heavy atom. The summed E-state index contributed by atoms with van der Waals surface area (Å²) < 4.78 is 12.8. The highest BCUT2D eigenvalue weighted by Crippen LogP contribution is 2.27. The summed E-state index contributed by atoms with van der Waals surface area (Å²) in [5.74, 6) is 1.79. The van der Waals surface area contributed by atoms with Crippen molar-refractivity contribution in [3.8, 4) is 11.5 Å². The summed E-state index contributed by atoms with van der Waals surface area (Å²) in [6.07, 6.45) is 0. The number of aromatic nitrogens is 4. The van der Waals surface area contributed by atoms with Crippen LogP contribution in [0.15, 0.2) is 58.2 Å². The van der Waals surface area contributed by atoms with Gasteiger partial charge in [0.25, 0.3) is 5.89 Å². The van der Waals surface area contributed by atoms with Crippen LogP contribution in [0.4, 0.5) is 0 Å². The van der Waals surface area contributed by atoms with Gasteiger partial charge >= 0.3 is 0 Å². The number of rotatable bonds is 7. The minimum absolute atomic E-state index is 0.544. The first-order chi connectivity index (χ1) is 13.2. The Bertz CT molecular complexity index is 1060. The molecule has 4 aromatic rings. The third kappa shape index (κ3) is 3.89. The molecule has 7 heteroatoms. The number of benzene rings is 2. The van der Waals surface area contributed by atoms with E-state index in [1.807, 2.05) is 49.4 Å². The molecule has 0 radical (unpaired) electrons. The van der Waals surface area contributed by atoms with E-state index in [0.29, 0.717) is 24.1 Å². The lowest BCUT2D eigenvalue weighted by Crippen LogP contribution is -2.05. The predicted octanol–water partition coefficient (Wildman–Crippen LogP) is 4.33. The van der Waals surface area contributed by atoms with Crippen molar-refractivity contribution >= 4 is 22.8 Å². The van der Waals surface area contributed by atoms with E-state index < -0.39 is 0 Å². The number of aryl methyl sites for hydroxylation is 1. The molecule has 27 heavy (non-hydrogen) atoms. The lowest BCUT2D eigenvalue weighted by molar-refractivity contribution is 0.186. The van der Waals surface area contributed by atoms with E-state index in [1.165, 1.54) is 0 Å². The third-order valence-electron chi connectivity index (χ3n) is 4.20. The normalized spacial score (nSPS) is 11.3. The van der Waals surface area contributed by atoms with E-state index in [1.54, 1.807) is 18.9 Å². The van der Waals surface area contributed by atoms with E-state index in [-0.39, 0.29) is 0 Å².